The van der Waals surface area contributed by atoms with E-state index in [-0.39, 0.29) is 31.0 Å². The highest BCUT2D eigenvalue weighted by molar-refractivity contribution is 5.78. The Hall–Kier alpha value is -1.10. The SMILES string of the molecule is CC(C)NC(=O)CN(C)C(C)CC(=O)O. The molecule has 1 amide bonds. The van der Waals surface area contributed by atoms with E-state index in [1.807, 2.05) is 13.8 Å². The first-order chi connectivity index (χ1) is 6.82. The average Bonchev–Trinajstić information content (AvgIpc) is 2.00. The predicted molar refractivity (Wildman–Crippen MR) is 57.6 cm³/mol. The molecule has 0 aromatic heterocycles. The number of hydrogen-bond acceptors (Lipinski definition) is 3. The lowest BCUT2D eigenvalue weighted by molar-refractivity contribution is -0.138. The number of hydrogen-bond donors (Lipinski definition) is 2. The van der Waals surface area contributed by atoms with Crippen molar-refractivity contribution >= 4 is 11.9 Å². The van der Waals surface area contributed by atoms with E-state index in [0.29, 0.717) is 0 Å². The van der Waals surface area contributed by atoms with Crippen molar-refractivity contribution in [2.24, 2.45) is 0 Å². The van der Waals surface area contributed by atoms with Gasteiger partial charge in [-0.05, 0) is 27.8 Å². The number of amides is 1. The Kier molecular flexibility index (Phi) is 5.93. The summed E-state index contributed by atoms with van der Waals surface area (Å²) in [5, 5.41) is 11.3. The Balaban J connectivity index is 3.95. The summed E-state index contributed by atoms with van der Waals surface area (Å²) in [4.78, 5) is 23.5. The number of carboxylic acid groups (broad SMARTS) is 1. The van der Waals surface area contributed by atoms with Gasteiger partial charge in [0.05, 0.1) is 13.0 Å². The van der Waals surface area contributed by atoms with Crippen molar-refractivity contribution < 1.29 is 14.7 Å². The van der Waals surface area contributed by atoms with Crippen LogP contribution < -0.4 is 5.32 Å². The molecule has 0 aromatic rings. The van der Waals surface area contributed by atoms with E-state index < -0.39 is 5.97 Å². The second-order valence-electron chi connectivity index (χ2n) is 4.08. The quantitative estimate of drug-likeness (QED) is 0.670. The molecule has 5 nitrogen and oxygen atoms in total. The second kappa shape index (κ2) is 6.40. The normalized spacial score (nSPS) is 12.9. The van der Waals surface area contributed by atoms with Gasteiger partial charge >= 0.3 is 5.97 Å². The van der Waals surface area contributed by atoms with Gasteiger partial charge in [-0.2, -0.15) is 0 Å². The first kappa shape index (κ1) is 13.9. The molecular formula is C10H20N2O3. The molecule has 0 rings (SSSR count). The molecule has 15 heavy (non-hydrogen) atoms. The maximum atomic E-state index is 11.4. The minimum atomic E-state index is -0.849. The van der Waals surface area contributed by atoms with Gasteiger partial charge < -0.3 is 10.4 Å². The number of likely N-dealkylation sites (N-methyl/N-ethyl adjacent to an activating group) is 1. The molecule has 1 unspecified atom stereocenters. The molecule has 0 saturated carbocycles. The third-order valence-corrected chi connectivity index (χ3v) is 2.07. The van der Waals surface area contributed by atoms with E-state index in [2.05, 4.69) is 5.32 Å². The number of aliphatic carboxylic acids is 1. The maximum Gasteiger partial charge on any atom is 0.304 e. The highest BCUT2D eigenvalue weighted by Crippen LogP contribution is 2.00. The topological polar surface area (TPSA) is 69.6 Å². The Morgan fingerprint density at radius 3 is 2.27 bits per heavy atom. The minimum absolute atomic E-state index is 0.0471. The van der Waals surface area contributed by atoms with Gasteiger partial charge in [0.15, 0.2) is 0 Å². The summed E-state index contributed by atoms with van der Waals surface area (Å²) in [5.74, 6) is -0.927. The van der Waals surface area contributed by atoms with Crippen LogP contribution in [0.15, 0.2) is 0 Å². The highest BCUT2D eigenvalue weighted by atomic mass is 16.4. The first-order valence-electron chi connectivity index (χ1n) is 5.04. The molecule has 88 valence electrons. The zero-order chi connectivity index (χ0) is 12.0. The molecule has 0 aliphatic rings. The average molecular weight is 216 g/mol. The van der Waals surface area contributed by atoms with Crippen LogP contribution in [-0.4, -0.2) is 47.6 Å². The van der Waals surface area contributed by atoms with E-state index in [9.17, 15) is 9.59 Å². The van der Waals surface area contributed by atoms with Crippen LogP contribution >= 0.6 is 0 Å². The summed E-state index contributed by atoms with van der Waals surface area (Å²) < 4.78 is 0. The fourth-order valence-electron chi connectivity index (χ4n) is 1.16. The zero-order valence-electron chi connectivity index (χ0n) is 9.78. The van der Waals surface area contributed by atoms with Crippen LogP contribution in [0.4, 0.5) is 0 Å². The van der Waals surface area contributed by atoms with Crippen LogP contribution in [0.5, 0.6) is 0 Å². The molecule has 0 aliphatic heterocycles. The Bertz CT molecular complexity index is 229. The van der Waals surface area contributed by atoms with Crippen LogP contribution in [0.2, 0.25) is 0 Å². The third-order valence-electron chi connectivity index (χ3n) is 2.07. The van der Waals surface area contributed by atoms with Crippen molar-refractivity contribution in [3.8, 4) is 0 Å². The molecule has 0 aliphatic carbocycles. The predicted octanol–water partition coefficient (Wildman–Crippen LogP) is 0.306. The highest BCUT2D eigenvalue weighted by Gasteiger charge is 2.15. The number of carbonyl (C=O) groups excluding carboxylic acids is 1. The van der Waals surface area contributed by atoms with E-state index in [1.54, 1.807) is 18.9 Å². The van der Waals surface area contributed by atoms with Gasteiger partial charge in [0.25, 0.3) is 0 Å². The lowest BCUT2D eigenvalue weighted by Crippen LogP contribution is -2.42. The van der Waals surface area contributed by atoms with Gasteiger partial charge in [-0.1, -0.05) is 0 Å². The first-order valence-corrected chi connectivity index (χ1v) is 5.04. The number of carboxylic acids is 1. The standard InChI is InChI=1S/C10H20N2O3/c1-7(2)11-9(13)6-12(4)8(3)5-10(14)15/h7-8H,5-6H2,1-4H3,(H,11,13)(H,14,15). The van der Waals surface area contributed by atoms with Crippen molar-refractivity contribution in [2.75, 3.05) is 13.6 Å². The van der Waals surface area contributed by atoms with E-state index >= 15 is 0 Å². The largest absolute Gasteiger partial charge is 0.481 e. The van der Waals surface area contributed by atoms with Gasteiger partial charge in [-0.3, -0.25) is 14.5 Å². The third kappa shape index (κ3) is 6.90. The lowest BCUT2D eigenvalue weighted by Gasteiger charge is -2.23. The van der Waals surface area contributed by atoms with Crippen molar-refractivity contribution in [3.05, 3.63) is 0 Å². The van der Waals surface area contributed by atoms with Crippen LogP contribution in [0, 0.1) is 0 Å². The number of rotatable bonds is 6. The summed E-state index contributed by atoms with van der Waals surface area (Å²) in [5.41, 5.74) is 0. The van der Waals surface area contributed by atoms with Crippen LogP contribution in [0.1, 0.15) is 27.2 Å². The summed E-state index contributed by atoms with van der Waals surface area (Å²) >= 11 is 0. The molecule has 0 spiro atoms. The number of nitrogens with one attached hydrogen (secondary N) is 1. The lowest BCUT2D eigenvalue weighted by atomic mass is 10.2. The van der Waals surface area contributed by atoms with Gasteiger partial charge in [-0.15, -0.1) is 0 Å². The number of carbonyl (C=O) groups is 2. The molecule has 0 saturated heterocycles. The van der Waals surface area contributed by atoms with E-state index in [1.165, 1.54) is 0 Å². The molecule has 0 radical (unpaired) electrons. The monoisotopic (exact) mass is 216 g/mol. The van der Waals surface area contributed by atoms with Crippen LogP contribution in [-0.2, 0) is 9.59 Å². The summed E-state index contributed by atoms with van der Waals surface area (Å²) in [6.07, 6.45) is 0.0471. The molecular weight excluding hydrogens is 196 g/mol. The maximum absolute atomic E-state index is 11.4. The zero-order valence-corrected chi connectivity index (χ0v) is 9.78. The summed E-state index contributed by atoms with van der Waals surface area (Å²) in [6, 6.07) is -0.0268. The van der Waals surface area contributed by atoms with Gasteiger partial charge in [0.1, 0.15) is 0 Å². The molecule has 0 fully saturated rings. The number of nitrogens with zero attached hydrogens (tertiary/aromatic N) is 1. The molecule has 1 atom stereocenters. The van der Waals surface area contributed by atoms with Gasteiger partial charge in [0, 0.05) is 12.1 Å². The van der Waals surface area contributed by atoms with Crippen molar-refractivity contribution in [2.45, 2.75) is 39.3 Å². The summed E-state index contributed by atoms with van der Waals surface area (Å²) in [6.45, 7) is 5.79. The van der Waals surface area contributed by atoms with Crippen LogP contribution in [0.25, 0.3) is 0 Å². The van der Waals surface area contributed by atoms with Crippen molar-refractivity contribution in [1.82, 2.24) is 10.2 Å². The minimum Gasteiger partial charge on any atom is -0.481 e. The van der Waals surface area contributed by atoms with E-state index in [4.69, 9.17) is 5.11 Å². The second-order valence-corrected chi connectivity index (χ2v) is 4.08. The van der Waals surface area contributed by atoms with Gasteiger partial charge in [-0.25, -0.2) is 0 Å². The fraction of sp³-hybridized carbons (Fsp3) is 0.800. The summed E-state index contributed by atoms with van der Waals surface area (Å²) in [7, 11) is 1.74. The molecule has 0 heterocycles. The van der Waals surface area contributed by atoms with Crippen LogP contribution in [0.3, 0.4) is 0 Å². The fourth-order valence-corrected chi connectivity index (χ4v) is 1.16. The van der Waals surface area contributed by atoms with Crippen molar-refractivity contribution in [1.29, 1.82) is 0 Å². The molecule has 0 aromatic carbocycles. The molecule has 5 heteroatoms. The smallest absolute Gasteiger partial charge is 0.304 e. The van der Waals surface area contributed by atoms with Gasteiger partial charge in [0.2, 0.25) is 5.91 Å². The Morgan fingerprint density at radius 1 is 1.33 bits per heavy atom. The van der Waals surface area contributed by atoms with Crippen molar-refractivity contribution in [3.63, 3.8) is 0 Å². The molecule has 0 bridgehead atoms. The van der Waals surface area contributed by atoms with E-state index in [0.717, 1.165) is 0 Å². The molecule has 2 N–H and O–H groups in total. The Labute approximate surface area is 90.5 Å². The Morgan fingerprint density at radius 2 is 1.87 bits per heavy atom.